The van der Waals surface area contributed by atoms with Gasteiger partial charge in [0, 0.05) is 5.56 Å². The molecule has 3 aromatic rings. The molecule has 3 N–H and O–H groups in total. The van der Waals surface area contributed by atoms with Crippen LogP contribution in [0.5, 0.6) is 5.75 Å². The first kappa shape index (κ1) is 12.2. The Morgan fingerprint density at radius 3 is 2.75 bits per heavy atom. The smallest absolute Gasteiger partial charge is 0.327 e. The molecule has 0 fully saturated rings. The molecule has 0 saturated carbocycles. The molecular weight excluding hydrogens is 267 g/mol. The van der Waals surface area contributed by atoms with Gasteiger partial charge >= 0.3 is 5.69 Å². The van der Waals surface area contributed by atoms with E-state index in [2.05, 4.69) is 19.9 Å². The van der Waals surface area contributed by atoms with Gasteiger partial charge in [-0.25, -0.2) is 14.2 Å². The van der Waals surface area contributed by atoms with E-state index in [-0.39, 0.29) is 16.9 Å². The average molecular weight is 276 g/mol. The number of fused-ring (bicyclic) bond motifs is 1. The number of halogens is 1. The lowest BCUT2D eigenvalue weighted by Gasteiger charge is -2.03. The number of rotatable bonds is 2. The molecule has 0 aliphatic heterocycles. The molecule has 0 spiro atoms. The summed E-state index contributed by atoms with van der Waals surface area (Å²) in [6, 6.07) is 4.16. The minimum absolute atomic E-state index is 0.0605. The quantitative estimate of drug-likeness (QED) is 0.642. The fraction of sp³-hybridized carbons (Fsp3) is 0.0833. The second-order valence-corrected chi connectivity index (χ2v) is 4.07. The predicted octanol–water partition coefficient (Wildman–Crippen LogP) is 0.754. The summed E-state index contributed by atoms with van der Waals surface area (Å²) >= 11 is 0. The summed E-state index contributed by atoms with van der Waals surface area (Å²) in [5, 5.41) is 0. The van der Waals surface area contributed by atoms with E-state index in [9.17, 15) is 14.0 Å². The molecule has 8 heteroatoms. The summed E-state index contributed by atoms with van der Waals surface area (Å²) in [5.41, 5.74) is -0.409. The Kier molecular flexibility index (Phi) is 2.63. The van der Waals surface area contributed by atoms with Crippen molar-refractivity contribution < 1.29 is 9.13 Å². The average Bonchev–Trinajstić information content (AvgIpc) is 2.83. The molecule has 2 aromatic heterocycles. The number of methoxy groups -OCH3 is 1. The number of nitrogens with one attached hydrogen (secondary N) is 3. The van der Waals surface area contributed by atoms with Crippen molar-refractivity contribution in [2.24, 2.45) is 0 Å². The molecular formula is C12H9FN4O3. The van der Waals surface area contributed by atoms with Crippen molar-refractivity contribution in [2.45, 2.75) is 0 Å². The van der Waals surface area contributed by atoms with E-state index in [4.69, 9.17) is 4.74 Å². The lowest BCUT2D eigenvalue weighted by Crippen LogP contribution is -2.21. The lowest BCUT2D eigenvalue weighted by atomic mass is 10.2. The molecule has 0 aliphatic carbocycles. The van der Waals surface area contributed by atoms with Crippen molar-refractivity contribution in [1.82, 2.24) is 19.9 Å². The standard InChI is InChI=1S/C12H9FN4O3/c1-20-7-4-5(2-3-6(7)13)9-14-8-10(15-9)16-12(19)17-11(8)18/h2-4H,1H3,(H3,14,15,16,17,18,19). The van der Waals surface area contributed by atoms with Crippen molar-refractivity contribution in [3.8, 4) is 17.1 Å². The van der Waals surface area contributed by atoms with Crippen LogP contribution in [0.15, 0.2) is 27.8 Å². The summed E-state index contributed by atoms with van der Waals surface area (Å²) in [6.45, 7) is 0. The second-order valence-electron chi connectivity index (χ2n) is 4.07. The van der Waals surface area contributed by atoms with E-state index in [1.807, 2.05) is 0 Å². The van der Waals surface area contributed by atoms with Crippen LogP contribution in [0.2, 0.25) is 0 Å². The Balaban J connectivity index is 2.22. The van der Waals surface area contributed by atoms with E-state index >= 15 is 0 Å². The van der Waals surface area contributed by atoms with Crippen LogP contribution in [0.1, 0.15) is 0 Å². The third kappa shape index (κ3) is 1.87. The Bertz CT molecular complexity index is 909. The molecule has 2 heterocycles. The van der Waals surface area contributed by atoms with Crippen LogP contribution in [-0.4, -0.2) is 27.0 Å². The van der Waals surface area contributed by atoms with E-state index in [1.165, 1.54) is 25.3 Å². The number of imidazole rings is 1. The monoisotopic (exact) mass is 276 g/mol. The molecule has 0 unspecified atom stereocenters. The van der Waals surface area contributed by atoms with Gasteiger partial charge in [-0.2, -0.15) is 0 Å². The molecule has 0 bridgehead atoms. The van der Waals surface area contributed by atoms with Crippen LogP contribution >= 0.6 is 0 Å². The van der Waals surface area contributed by atoms with Gasteiger partial charge in [-0.15, -0.1) is 0 Å². The molecule has 0 saturated heterocycles. The number of H-pyrrole nitrogens is 3. The van der Waals surface area contributed by atoms with E-state index in [0.29, 0.717) is 11.4 Å². The zero-order chi connectivity index (χ0) is 14.3. The minimum atomic E-state index is -0.641. The fourth-order valence-electron chi connectivity index (χ4n) is 1.88. The van der Waals surface area contributed by atoms with Crippen molar-refractivity contribution in [3.05, 3.63) is 44.9 Å². The highest BCUT2D eigenvalue weighted by atomic mass is 19.1. The highest BCUT2D eigenvalue weighted by Gasteiger charge is 2.11. The third-order valence-corrected chi connectivity index (χ3v) is 2.81. The highest BCUT2D eigenvalue weighted by Crippen LogP contribution is 2.24. The van der Waals surface area contributed by atoms with Gasteiger partial charge in [0.05, 0.1) is 7.11 Å². The summed E-state index contributed by atoms with van der Waals surface area (Å²) < 4.78 is 18.2. The molecule has 3 rings (SSSR count). The first-order chi connectivity index (χ1) is 9.58. The number of aromatic amines is 3. The second kappa shape index (κ2) is 4.34. The molecule has 7 nitrogen and oxygen atoms in total. The van der Waals surface area contributed by atoms with Crippen LogP contribution in [0.25, 0.3) is 22.6 Å². The fourth-order valence-corrected chi connectivity index (χ4v) is 1.88. The van der Waals surface area contributed by atoms with Gasteiger partial charge < -0.3 is 9.72 Å². The van der Waals surface area contributed by atoms with Gasteiger partial charge in [0.15, 0.2) is 17.2 Å². The van der Waals surface area contributed by atoms with Crippen LogP contribution < -0.4 is 16.0 Å². The number of benzene rings is 1. The molecule has 0 atom stereocenters. The van der Waals surface area contributed by atoms with Crippen LogP contribution in [0, 0.1) is 5.82 Å². The van der Waals surface area contributed by atoms with E-state index in [0.717, 1.165) is 0 Å². The van der Waals surface area contributed by atoms with Gasteiger partial charge in [-0.3, -0.25) is 14.8 Å². The predicted molar refractivity (Wildman–Crippen MR) is 69.3 cm³/mol. The van der Waals surface area contributed by atoms with E-state index < -0.39 is 17.1 Å². The van der Waals surface area contributed by atoms with E-state index in [1.54, 1.807) is 0 Å². The molecule has 0 radical (unpaired) electrons. The van der Waals surface area contributed by atoms with Crippen molar-refractivity contribution >= 4 is 11.2 Å². The molecule has 102 valence electrons. The first-order valence-corrected chi connectivity index (χ1v) is 5.64. The van der Waals surface area contributed by atoms with Gasteiger partial charge in [-0.05, 0) is 18.2 Å². The summed E-state index contributed by atoms with van der Waals surface area (Å²) in [6.07, 6.45) is 0. The maximum atomic E-state index is 13.3. The van der Waals surface area contributed by atoms with Crippen LogP contribution in [-0.2, 0) is 0 Å². The number of nitrogens with zero attached hydrogens (tertiary/aromatic N) is 1. The lowest BCUT2D eigenvalue weighted by molar-refractivity contribution is 0.387. The van der Waals surface area contributed by atoms with Gasteiger partial charge in [0.25, 0.3) is 5.56 Å². The molecule has 0 aliphatic rings. The first-order valence-electron chi connectivity index (χ1n) is 5.64. The maximum absolute atomic E-state index is 13.3. The Labute approximate surface area is 110 Å². The highest BCUT2D eigenvalue weighted by molar-refractivity contribution is 5.74. The zero-order valence-electron chi connectivity index (χ0n) is 10.3. The summed E-state index contributed by atoms with van der Waals surface area (Å²) in [4.78, 5) is 34.1. The van der Waals surface area contributed by atoms with Crippen molar-refractivity contribution in [2.75, 3.05) is 7.11 Å². The largest absolute Gasteiger partial charge is 0.494 e. The van der Waals surface area contributed by atoms with Crippen molar-refractivity contribution in [1.29, 1.82) is 0 Å². The number of ether oxygens (including phenoxy) is 1. The third-order valence-electron chi connectivity index (χ3n) is 2.81. The van der Waals surface area contributed by atoms with Gasteiger partial charge in [-0.1, -0.05) is 0 Å². The SMILES string of the molecule is COc1cc(-c2nc3[nH]c(=O)[nH]c(=O)c3[nH]2)ccc1F. The summed E-state index contributed by atoms with van der Waals surface area (Å²) in [7, 11) is 1.35. The van der Waals surface area contributed by atoms with Crippen LogP contribution in [0.4, 0.5) is 4.39 Å². The number of hydrogen-bond donors (Lipinski definition) is 3. The molecule has 20 heavy (non-hydrogen) atoms. The zero-order valence-corrected chi connectivity index (χ0v) is 10.3. The number of aromatic nitrogens is 4. The Morgan fingerprint density at radius 1 is 1.20 bits per heavy atom. The maximum Gasteiger partial charge on any atom is 0.327 e. The molecule has 1 aromatic carbocycles. The van der Waals surface area contributed by atoms with Crippen LogP contribution in [0.3, 0.4) is 0 Å². The Hall–Kier alpha value is -2.90. The Morgan fingerprint density at radius 2 is 2.00 bits per heavy atom. The van der Waals surface area contributed by atoms with Crippen molar-refractivity contribution in [3.63, 3.8) is 0 Å². The molecule has 0 amide bonds. The normalized spacial score (nSPS) is 10.9. The number of hydrogen-bond acceptors (Lipinski definition) is 4. The summed E-state index contributed by atoms with van der Waals surface area (Å²) in [5.74, 6) is -0.116. The minimum Gasteiger partial charge on any atom is -0.494 e. The topological polar surface area (TPSA) is 104 Å². The van der Waals surface area contributed by atoms with Gasteiger partial charge in [0.2, 0.25) is 0 Å². The van der Waals surface area contributed by atoms with Gasteiger partial charge in [0.1, 0.15) is 11.3 Å².